The first-order valence-corrected chi connectivity index (χ1v) is 5.65. The quantitative estimate of drug-likeness (QED) is 0.779. The van der Waals surface area contributed by atoms with E-state index in [1.807, 2.05) is 11.9 Å². The standard InChI is InChI=1S/C12H17NO4/c1-13-7-3-6-12(15,8-13)10-5-4-9(17-10)11(14)16-2/h4-5,15H,3,6-8H2,1-2H3. The average Bonchev–Trinajstić information content (AvgIpc) is 2.77. The number of nitrogens with zero attached hydrogens (tertiary/aromatic N) is 1. The summed E-state index contributed by atoms with van der Waals surface area (Å²) in [6, 6.07) is 3.18. The van der Waals surface area contributed by atoms with Gasteiger partial charge in [-0.3, -0.25) is 0 Å². The number of piperidine rings is 1. The SMILES string of the molecule is COC(=O)c1ccc(C2(O)CCCN(C)C2)o1. The van der Waals surface area contributed by atoms with Crippen LogP contribution in [0.1, 0.15) is 29.2 Å². The van der Waals surface area contributed by atoms with E-state index in [1.165, 1.54) is 13.2 Å². The molecule has 5 heteroatoms. The van der Waals surface area contributed by atoms with Gasteiger partial charge in [-0.2, -0.15) is 0 Å². The molecule has 0 aliphatic carbocycles. The van der Waals surface area contributed by atoms with Crippen molar-refractivity contribution in [3.05, 3.63) is 23.7 Å². The van der Waals surface area contributed by atoms with Crippen molar-refractivity contribution in [2.75, 3.05) is 27.2 Å². The smallest absolute Gasteiger partial charge is 0.373 e. The van der Waals surface area contributed by atoms with E-state index in [4.69, 9.17) is 4.42 Å². The number of rotatable bonds is 2. The third-order valence-electron chi connectivity index (χ3n) is 3.11. The summed E-state index contributed by atoms with van der Waals surface area (Å²) in [6.07, 6.45) is 1.55. The van der Waals surface area contributed by atoms with E-state index in [-0.39, 0.29) is 5.76 Å². The molecule has 0 amide bonds. The van der Waals surface area contributed by atoms with Gasteiger partial charge in [0, 0.05) is 6.54 Å². The summed E-state index contributed by atoms with van der Waals surface area (Å²) in [5, 5.41) is 10.5. The Hall–Kier alpha value is -1.33. The normalized spacial score (nSPS) is 25.8. The minimum atomic E-state index is -1.00. The van der Waals surface area contributed by atoms with Gasteiger partial charge in [-0.25, -0.2) is 4.79 Å². The van der Waals surface area contributed by atoms with Crippen LogP contribution in [-0.4, -0.2) is 43.2 Å². The molecule has 1 fully saturated rings. The van der Waals surface area contributed by atoms with Crippen molar-refractivity contribution in [3.63, 3.8) is 0 Å². The molecule has 2 heterocycles. The van der Waals surface area contributed by atoms with Gasteiger partial charge in [0.15, 0.2) is 0 Å². The third-order valence-corrected chi connectivity index (χ3v) is 3.11. The van der Waals surface area contributed by atoms with Crippen LogP contribution in [-0.2, 0) is 10.3 Å². The van der Waals surface area contributed by atoms with Crippen LogP contribution in [0.2, 0.25) is 0 Å². The molecule has 17 heavy (non-hydrogen) atoms. The van der Waals surface area contributed by atoms with E-state index < -0.39 is 11.6 Å². The molecule has 1 unspecified atom stereocenters. The lowest BCUT2D eigenvalue weighted by Gasteiger charge is -2.35. The van der Waals surface area contributed by atoms with E-state index in [0.717, 1.165) is 13.0 Å². The lowest BCUT2D eigenvalue weighted by molar-refractivity contribution is -0.0446. The number of esters is 1. The Bertz CT molecular complexity index is 414. The van der Waals surface area contributed by atoms with Crippen molar-refractivity contribution in [1.82, 2.24) is 4.90 Å². The molecule has 5 nitrogen and oxygen atoms in total. The third kappa shape index (κ3) is 2.35. The number of aliphatic hydroxyl groups is 1. The van der Waals surface area contributed by atoms with Gasteiger partial charge in [0.25, 0.3) is 0 Å². The van der Waals surface area contributed by atoms with Gasteiger partial charge in [0.1, 0.15) is 11.4 Å². The molecule has 0 aromatic carbocycles. The van der Waals surface area contributed by atoms with Crippen molar-refractivity contribution < 1.29 is 19.1 Å². The van der Waals surface area contributed by atoms with Crippen molar-refractivity contribution >= 4 is 5.97 Å². The molecule has 0 spiro atoms. The lowest BCUT2D eigenvalue weighted by Crippen LogP contribution is -2.43. The number of hydrogen-bond donors (Lipinski definition) is 1. The summed E-state index contributed by atoms with van der Waals surface area (Å²) in [5.74, 6) is 0.0395. The van der Waals surface area contributed by atoms with Gasteiger partial charge in [-0.15, -0.1) is 0 Å². The predicted molar refractivity (Wildman–Crippen MR) is 60.7 cm³/mol. The van der Waals surface area contributed by atoms with Crippen LogP contribution in [0.25, 0.3) is 0 Å². The zero-order valence-corrected chi connectivity index (χ0v) is 10.1. The highest BCUT2D eigenvalue weighted by Gasteiger charge is 2.37. The number of likely N-dealkylation sites (N-methyl/N-ethyl adjacent to an activating group) is 1. The first kappa shape index (κ1) is 12.1. The second-order valence-corrected chi connectivity index (χ2v) is 4.53. The number of β-amino-alcohol motifs (C(OH)–C–C–N with tert-alkyl or cyclic N) is 1. The highest BCUT2D eigenvalue weighted by atomic mass is 16.5. The number of methoxy groups -OCH3 is 1. The van der Waals surface area contributed by atoms with Crippen molar-refractivity contribution in [3.8, 4) is 0 Å². The molecular formula is C12H17NO4. The van der Waals surface area contributed by atoms with Crippen LogP contribution < -0.4 is 0 Å². The van der Waals surface area contributed by atoms with Gasteiger partial charge in [-0.05, 0) is 38.6 Å². The Morgan fingerprint density at radius 1 is 1.59 bits per heavy atom. The zero-order chi connectivity index (χ0) is 12.5. The molecule has 2 rings (SSSR count). The summed E-state index contributed by atoms with van der Waals surface area (Å²) in [6.45, 7) is 1.48. The molecule has 1 aromatic heterocycles. The Morgan fingerprint density at radius 2 is 2.35 bits per heavy atom. The van der Waals surface area contributed by atoms with Crippen LogP contribution in [0.5, 0.6) is 0 Å². The van der Waals surface area contributed by atoms with Crippen LogP contribution in [0, 0.1) is 0 Å². The molecular weight excluding hydrogens is 222 g/mol. The fourth-order valence-corrected chi connectivity index (χ4v) is 2.25. The van der Waals surface area contributed by atoms with Crippen molar-refractivity contribution in [2.45, 2.75) is 18.4 Å². The molecule has 1 atom stereocenters. The van der Waals surface area contributed by atoms with Crippen LogP contribution in [0.15, 0.2) is 16.5 Å². The lowest BCUT2D eigenvalue weighted by atomic mass is 9.91. The molecule has 1 aliphatic heterocycles. The van der Waals surface area contributed by atoms with Gasteiger partial charge in [-0.1, -0.05) is 0 Å². The second-order valence-electron chi connectivity index (χ2n) is 4.53. The average molecular weight is 239 g/mol. The van der Waals surface area contributed by atoms with Gasteiger partial charge >= 0.3 is 5.97 Å². The van der Waals surface area contributed by atoms with Gasteiger partial charge < -0.3 is 19.2 Å². The highest BCUT2D eigenvalue weighted by molar-refractivity contribution is 5.86. The largest absolute Gasteiger partial charge is 0.463 e. The summed E-state index contributed by atoms with van der Waals surface area (Å²) >= 11 is 0. The first-order chi connectivity index (χ1) is 8.05. The Balaban J connectivity index is 2.21. The van der Waals surface area contributed by atoms with E-state index in [0.29, 0.717) is 18.7 Å². The molecule has 0 radical (unpaired) electrons. The van der Waals surface area contributed by atoms with Crippen LogP contribution >= 0.6 is 0 Å². The van der Waals surface area contributed by atoms with Crippen LogP contribution in [0.3, 0.4) is 0 Å². The topological polar surface area (TPSA) is 62.9 Å². The second kappa shape index (κ2) is 4.50. The predicted octanol–water partition coefficient (Wildman–Crippen LogP) is 0.979. The minimum absolute atomic E-state index is 0.129. The number of furan rings is 1. The first-order valence-electron chi connectivity index (χ1n) is 5.65. The summed E-state index contributed by atoms with van der Waals surface area (Å²) in [4.78, 5) is 13.3. The van der Waals surface area contributed by atoms with E-state index in [2.05, 4.69) is 4.74 Å². The van der Waals surface area contributed by atoms with E-state index in [1.54, 1.807) is 6.07 Å². The Kier molecular flexibility index (Phi) is 3.22. The summed E-state index contributed by atoms with van der Waals surface area (Å²) < 4.78 is 9.94. The molecule has 1 saturated heterocycles. The Labute approximate surface area is 100.0 Å². The zero-order valence-electron chi connectivity index (χ0n) is 10.1. The van der Waals surface area contributed by atoms with E-state index in [9.17, 15) is 9.90 Å². The summed E-state index contributed by atoms with van der Waals surface area (Å²) in [5.41, 5.74) is -1.00. The molecule has 94 valence electrons. The van der Waals surface area contributed by atoms with E-state index >= 15 is 0 Å². The maximum atomic E-state index is 11.3. The summed E-state index contributed by atoms with van der Waals surface area (Å²) in [7, 11) is 3.25. The maximum Gasteiger partial charge on any atom is 0.373 e. The number of ether oxygens (including phenoxy) is 1. The highest BCUT2D eigenvalue weighted by Crippen LogP contribution is 2.32. The molecule has 1 aliphatic rings. The number of hydrogen-bond acceptors (Lipinski definition) is 5. The number of likely N-dealkylation sites (tertiary alicyclic amines) is 1. The monoisotopic (exact) mass is 239 g/mol. The van der Waals surface area contributed by atoms with Crippen molar-refractivity contribution in [2.24, 2.45) is 0 Å². The molecule has 1 N–H and O–H groups in total. The number of carbonyl (C=O) groups excluding carboxylic acids is 1. The van der Waals surface area contributed by atoms with Crippen LogP contribution in [0.4, 0.5) is 0 Å². The van der Waals surface area contributed by atoms with Crippen molar-refractivity contribution in [1.29, 1.82) is 0 Å². The van der Waals surface area contributed by atoms with Gasteiger partial charge in [0.2, 0.25) is 5.76 Å². The maximum absolute atomic E-state index is 11.3. The Morgan fingerprint density at radius 3 is 3.00 bits per heavy atom. The fourth-order valence-electron chi connectivity index (χ4n) is 2.25. The fraction of sp³-hybridized carbons (Fsp3) is 0.583. The molecule has 0 bridgehead atoms. The molecule has 0 saturated carbocycles. The minimum Gasteiger partial charge on any atom is -0.463 e. The molecule has 1 aromatic rings. The number of carbonyl (C=O) groups is 1. The van der Waals surface area contributed by atoms with Gasteiger partial charge in [0.05, 0.1) is 7.11 Å².